The van der Waals surface area contributed by atoms with Gasteiger partial charge in [0.2, 0.25) is 5.91 Å². The Morgan fingerprint density at radius 1 is 0.939 bits per heavy atom. The molecular weight excluding hydrogens is 412 g/mol. The molecule has 0 radical (unpaired) electrons. The number of ether oxygens (including phenoxy) is 1. The monoisotopic (exact) mass is 444 g/mol. The van der Waals surface area contributed by atoms with Crippen molar-refractivity contribution < 1.29 is 14.3 Å². The van der Waals surface area contributed by atoms with Gasteiger partial charge in [-0.2, -0.15) is 0 Å². The molecule has 0 bridgehead atoms. The van der Waals surface area contributed by atoms with Crippen LogP contribution >= 0.6 is 0 Å². The Morgan fingerprint density at radius 2 is 1.61 bits per heavy atom. The summed E-state index contributed by atoms with van der Waals surface area (Å²) in [6.45, 7) is 5.90. The number of para-hydroxylation sites is 1. The Balaban J connectivity index is 1.21. The van der Waals surface area contributed by atoms with Gasteiger partial charge in [0.15, 0.2) is 0 Å². The van der Waals surface area contributed by atoms with Gasteiger partial charge in [-0.15, -0.1) is 0 Å². The van der Waals surface area contributed by atoms with E-state index >= 15 is 0 Å². The van der Waals surface area contributed by atoms with E-state index in [1.807, 2.05) is 79.4 Å². The van der Waals surface area contributed by atoms with Crippen LogP contribution in [0.3, 0.4) is 0 Å². The second-order valence-electron chi connectivity index (χ2n) is 8.83. The molecule has 1 fully saturated rings. The first-order valence-electron chi connectivity index (χ1n) is 11.8. The first-order chi connectivity index (χ1) is 16.0. The number of hydrogen-bond donors (Lipinski definition) is 1. The van der Waals surface area contributed by atoms with Crippen LogP contribution in [0, 0.1) is 13.8 Å². The van der Waals surface area contributed by atoms with Crippen molar-refractivity contribution in [1.29, 1.82) is 0 Å². The summed E-state index contributed by atoms with van der Waals surface area (Å²) in [5, 5.41) is 5.20. The zero-order chi connectivity index (χ0) is 23.2. The molecule has 1 N–H and O–H groups in total. The molecule has 0 saturated carbocycles. The molecule has 5 heteroatoms. The molecule has 1 aliphatic rings. The van der Waals surface area contributed by atoms with Crippen molar-refractivity contribution in [2.75, 3.05) is 19.7 Å². The zero-order valence-electron chi connectivity index (χ0n) is 19.5. The van der Waals surface area contributed by atoms with Gasteiger partial charge in [0.05, 0.1) is 6.61 Å². The van der Waals surface area contributed by atoms with E-state index in [9.17, 15) is 9.59 Å². The van der Waals surface area contributed by atoms with E-state index in [0.29, 0.717) is 32.5 Å². The van der Waals surface area contributed by atoms with Crippen LogP contribution in [-0.4, -0.2) is 42.5 Å². The average molecular weight is 445 g/mol. The second-order valence-corrected chi connectivity index (χ2v) is 8.83. The van der Waals surface area contributed by atoms with Gasteiger partial charge in [0.25, 0.3) is 5.91 Å². The molecule has 172 valence electrons. The number of nitrogens with zero attached hydrogens (tertiary/aromatic N) is 1. The van der Waals surface area contributed by atoms with Gasteiger partial charge in [0.1, 0.15) is 5.75 Å². The van der Waals surface area contributed by atoms with E-state index in [1.165, 1.54) is 0 Å². The van der Waals surface area contributed by atoms with Crippen LogP contribution in [0.2, 0.25) is 0 Å². The number of aryl methyl sites for hydroxylation is 2. The molecule has 0 aliphatic carbocycles. The molecule has 2 amide bonds. The van der Waals surface area contributed by atoms with Gasteiger partial charge in [-0.1, -0.05) is 54.6 Å². The normalized spacial score (nSPS) is 14.3. The van der Waals surface area contributed by atoms with Crippen molar-refractivity contribution in [3.63, 3.8) is 0 Å². The molecule has 0 spiro atoms. The van der Waals surface area contributed by atoms with Crippen molar-refractivity contribution in [3.05, 3.63) is 77.4 Å². The Morgan fingerprint density at radius 3 is 2.36 bits per heavy atom. The number of fused-ring (bicyclic) bond motifs is 1. The van der Waals surface area contributed by atoms with Gasteiger partial charge in [0, 0.05) is 31.1 Å². The highest BCUT2D eigenvalue weighted by Gasteiger charge is 2.25. The first kappa shape index (κ1) is 22.8. The average Bonchev–Trinajstić information content (AvgIpc) is 2.83. The topological polar surface area (TPSA) is 58.6 Å². The number of carbonyl (C=O) groups is 2. The Labute approximate surface area is 195 Å². The molecule has 4 rings (SSSR count). The van der Waals surface area contributed by atoms with Gasteiger partial charge >= 0.3 is 0 Å². The molecule has 5 nitrogen and oxygen atoms in total. The second kappa shape index (κ2) is 10.5. The predicted octanol–water partition coefficient (Wildman–Crippen LogP) is 5.04. The van der Waals surface area contributed by atoms with Crippen molar-refractivity contribution >= 4 is 22.6 Å². The van der Waals surface area contributed by atoms with Crippen molar-refractivity contribution in [2.24, 2.45) is 0 Å². The van der Waals surface area contributed by atoms with E-state index in [-0.39, 0.29) is 17.9 Å². The van der Waals surface area contributed by atoms with Crippen molar-refractivity contribution in [2.45, 2.75) is 45.6 Å². The van der Waals surface area contributed by atoms with Crippen LogP contribution in [0.25, 0.3) is 10.8 Å². The van der Waals surface area contributed by atoms with Crippen LogP contribution in [0.4, 0.5) is 0 Å². The summed E-state index contributed by atoms with van der Waals surface area (Å²) in [6.07, 6.45) is 2.68. The maximum absolute atomic E-state index is 13.1. The molecular formula is C28H32N2O3. The minimum absolute atomic E-state index is 0.0546. The standard InChI is InChI=1S/C28H32N2O3/c1-20-8-5-9-21(2)27(20)33-19-7-14-26(31)29-23-15-17-30(18-16-23)28(32)25-13-6-11-22-10-3-4-12-24(22)25/h3-6,8-13,23H,7,14-19H2,1-2H3,(H,29,31). The highest BCUT2D eigenvalue weighted by Crippen LogP contribution is 2.23. The minimum Gasteiger partial charge on any atom is -0.493 e. The third-order valence-electron chi connectivity index (χ3n) is 6.37. The lowest BCUT2D eigenvalue weighted by Crippen LogP contribution is -2.46. The van der Waals surface area contributed by atoms with E-state index in [4.69, 9.17) is 4.74 Å². The third kappa shape index (κ3) is 5.54. The number of amides is 2. The molecule has 0 atom stereocenters. The molecule has 1 saturated heterocycles. The van der Waals surface area contributed by atoms with Gasteiger partial charge in [-0.05, 0) is 61.1 Å². The lowest BCUT2D eigenvalue weighted by molar-refractivity contribution is -0.122. The Bertz CT molecular complexity index is 1110. The van der Waals surface area contributed by atoms with Gasteiger partial charge < -0.3 is 15.0 Å². The smallest absolute Gasteiger partial charge is 0.254 e. The van der Waals surface area contributed by atoms with Gasteiger partial charge in [-0.3, -0.25) is 9.59 Å². The van der Waals surface area contributed by atoms with Gasteiger partial charge in [-0.25, -0.2) is 0 Å². The minimum atomic E-state index is 0.0546. The predicted molar refractivity (Wildman–Crippen MR) is 132 cm³/mol. The SMILES string of the molecule is Cc1cccc(C)c1OCCCC(=O)NC1CCN(C(=O)c2cccc3ccccc23)CC1. The summed E-state index contributed by atoms with van der Waals surface area (Å²) in [5.41, 5.74) is 2.98. The quantitative estimate of drug-likeness (QED) is 0.520. The van der Waals surface area contributed by atoms with Crippen LogP contribution in [0.5, 0.6) is 5.75 Å². The van der Waals surface area contributed by atoms with E-state index in [1.54, 1.807) is 0 Å². The number of likely N-dealkylation sites (tertiary alicyclic amines) is 1. The summed E-state index contributed by atoms with van der Waals surface area (Å²) in [4.78, 5) is 27.4. The van der Waals surface area contributed by atoms with E-state index in [2.05, 4.69) is 5.32 Å². The summed E-state index contributed by atoms with van der Waals surface area (Å²) in [6, 6.07) is 20.1. The van der Waals surface area contributed by atoms with Crippen LogP contribution < -0.4 is 10.1 Å². The zero-order valence-corrected chi connectivity index (χ0v) is 19.5. The number of benzene rings is 3. The fourth-order valence-corrected chi connectivity index (χ4v) is 4.54. The van der Waals surface area contributed by atoms with Crippen LogP contribution in [-0.2, 0) is 4.79 Å². The largest absolute Gasteiger partial charge is 0.493 e. The number of hydrogen-bond acceptors (Lipinski definition) is 3. The van der Waals surface area contributed by atoms with Crippen molar-refractivity contribution in [1.82, 2.24) is 10.2 Å². The first-order valence-corrected chi connectivity index (χ1v) is 11.8. The molecule has 3 aromatic carbocycles. The maximum Gasteiger partial charge on any atom is 0.254 e. The van der Waals surface area contributed by atoms with E-state index < -0.39 is 0 Å². The maximum atomic E-state index is 13.1. The molecule has 0 unspecified atom stereocenters. The highest BCUT2D eigenvalue weighted by atomic mass is 16.5. The molecule has 33 heavy (non-hydrogen) atoms. The fraction of sp³-hybridized carbons (Fsp3) is 0.357. The van der Waals surface area contributed by atoms with Crippen LogP contribution in [0.15, 0.2) is 60.7 Å². The Kier molecular flexibility index (Phi) is 7.28. The number of nitrogens with one attached hydrogen (secondary N) is 1. The summed E-state index contributed by atoms with van der Waals surface area (Å²) >= 11 is 0. The third-order valence-corrected chi connectivity index (χ3v) is 6.37. The number of rotatable bonds is 7. The fourth-order valence-electron chi connectivity index (χ4n) is 4.54. The summed E-state index contributed by atoms with van der Waals surface area (Å²) in [5.74, 6) is 1.04. The molecule has 1 heterocycles. The molecule has 0 aromatic heterocycles. The molecule has 3 aromatic rings. The van der Waals surface area contributed by atoms with Crippen LogP contribution in [0.1, 0.15) is 47.2 Å². The molecule has 1 aliphatic heterocycles. The lowest BCUT2D eigenvalue weighted by Gasteiger charge is -2.32. The highest BCUT2D eigenvalue weighted by molar-refractivity contribution is 6.07. The summed E-state index contributed by atoms with van der Waals surface area (Å²) in [7, 11) is 0. The van der Waals surface area contributed by atoms with E-state index in [0.717, 1.165) is 46.1 Å². The lowest BCUT2D eigenvalue weighted by atomic mass is 10.0. The van der Waals surface area contributed by atoms with Crippen molar-refractivity contribution in [3.8, 4) is 5.75 Å². The Hall–Kier alpha value is -3.34. The number of carbonyl (C=O) groups excluding carboxylic acids is 2. The summed E-state index contributed by atoms with van der Waals surface area (Å²) < 4.78 is 5.90. The number of piperidine rings is 1.